The molecule has 206 valence electrons. The minimum Gasteiger partial charge on any atom is -0.339 e. The molecule has 0 N–H and O–H groups in total. The number of benzene rings is 2. The Morgan fingerprint density at radius 3 is 2.49 bits per heavy atom. The smallest absolute Gasteiger partial charge is 0.339 e. The number of piperazine rings is 1. The Morgan fingerprint density at radius 1 is 1.03 bits per heavy atom. The maximum absolute atomic E-state index is 14.1. The van der Waals surface area contributed by atoms with E-state index in [-0.39, 0.29) is 35.3 Å². The van der Waals surface area contributed by atoms with Crippen molar-refractivity contribution >= 4 is 23.2 Å². The lowest BCUT2D eigenvalue weighted by atomic mass is 9.93. The quantitative estimate of drug-likeness (QED) is 0.382. The first-order chi connectivity index (χ1) is 18.6. The third kappa shape index (κ3) is 5.86. The van der Waals surface area contributed by atoms with Crippen LogP contribution in [0.1, 0.15) is 51.3 Å². The minimum absolute atomic E-state index is 0.0161. The average Bonchev–Trinajstić information content (AvgIpc) is 3.39. The van der Waals surface area contributed by atoms with Crippen LogP contribution in [0.4, 0.5) is 17.6 Å². The number of carbonyl (C=O) groups excluding carboxylic acids is 2. The largest absolute Gasteiger partial charge is 0.416 e. The van der Waals surface area contributed by atoms with E-state index in [1.807, 2.05) is 13.0 Å². The van der Waals surface area contributed by atoms with Gasteiger partial charge in [-0.3, -0.25) is 14.5 Å². The van der Waals surface area contributed by atoms with Crippen molar-refractivity contribution in [3.8, 4) is 0 Å². The summed E-state index contributed by atoms with van der Waals surface area (Å²) >= 11 is 1.70. The Bertz CT molecular complexity index is 1340. The average molecular weight is 560 g/mol. The van der Waals surface area contributed by atoms with Crippen LogP contribution in [-0.4, -0.2) is 65.3 Å². The second-order valence-electron chi connectivity index (χ2n) is 10.1. The highest BCUT2D eigenvalue weighted by molar-refractivity contribution is 7.10. The van der Waals surface area contributed by atoms with Crippen LogP contribution in [-0.2, 0) is 17.4 Å². The molecule has 2 atom stereocenters. The highest BCUT2D eigenvalue weighted by atomic mass is 32.1. The van der Waals surface area contributed by atoms with Gasteiger partial charge in [-0.1, -0.05) is 12.1 Å². The topological polar surface area (TPSA) is 43.9 Å². The van der Waals surface area contributed by atoms with Crippen molar-refractivity contribution < 1.29 is 27.2 Å². The lowest BCUT2D eigenvalue weighted by Crippen LogP contribution is -2.55. The first-order valence-electron chi connectivity index (χ1n) is 12.9. The molecule has 3 aromatic rings. The van der Waals surface area contributed by atoms with E-state index in [0.717, 1.165) is 36.2 Å². The van der Waals surface area contributed by atoms with Crippen LogP contribution in [0.5, 0.6) is 0 Å². The number of thiophene rings is 1. The molecule has 0 bridgehead atoms. The summed E-state index contributed by atoms with van der Waals surface area (Å²) in [7, 11) is 0. The summed E-state index contributed by atoms with van der Waals surface area (Å²) in [5, 5.41) is 2.05. The normalized spacial score (nSPS) is 20.1. The molecule has 0 radical (unpaired) electrons. The van der Waals surface area contributed by atoms with E-state index in [1.54, 1.807) is 33.3 Å². The summed E-state index contributed by atoms with van der Waals surface area (Å²) in [4.78, 5) is 33.0. The fourth-order valence-electron chi connectivity index (χ4n) is 5.53. The summed E-state index contributed by atoms with van der Waals surface area (Å²) in [5.74, 6) is -0.651. The number of fused-ring (bicyclic) bond motifs is 1. The SMILES string of the molecule is CC1CN(C(=O)CCN2CCc3sccc3C2c2cccc(F)c2)CCN1C(=O)c1ccc(C(F)(F)F)cc1. The van der Waals surface area contributed by atoms with Crippen LogP contribution >= 0.6 is 11.3 Å². The van der Waals surface area contributed by atoms with Crippen LogP contribution in [0.25, 0.3) is 0 Å². The monoisotopic (exact) mass is 559 g/mol. The molecule has 3 heterocycles. The zero-order valence-corrected chi connectivity index (χ0v) is 22.3. The first kappa shape index (κ1) is 27.3. The second-order valence-corrected chi connectivity index (χ2v) is 11.1. The molecule has 1 fully saturated rings. The van der Waals surface area contributed by atoms with Gasteiger partial charge in [-0.25, -0.2) is 4.39 Å². The number of amides is 2. The van der Waals surface area contributed by atoms with Crippen molar-refractivity contribution in [1.29, 1.82) is 0 Å². The van der Waals surface area contributed by atoms with E-state index < -0.39 is 11.7 Å². The van der Waals surface area contributed by atoms with Gasteiger partial charge in [-0.15, -0.1) is 11.3 Å². The van der Waals surface area contributed by atoms with E-state index >= 15 is 0 Å². The summed E-state index contributed by atoms with van der Waals surface area (Å²) < 4.78 is 52.6. The fourth-order valence-corrected chi connectivity index (χ4v) is 6.43. The Balaban J connectivity index is 1.20. The van der Waals surface area contributed by atoms with E-state index in [9.17, 15) is 27.2 Å². The molecule has 0 aliphatic carbocycles. The Morgan fingerprint density at radius 2 is 1.79 bits per heavy atom. The van der Waals surface area contributed by atoms with Gasteiger partial charge < -0.3 is 9.80 Å². The predicted octanol–water partition coefficient (Wildman–Crippen LogP) is 5.62. The molecule has 5 rings (SSSR count). The van der Waals surface area contributed by atoms with Gasteiger partial charge in [-0.05, 0) is 72.3 Å². The second kappa shape index (κ2) is 11.1. The molecule has 2 aliphatic rings. The number of hydrogen-bond acceptors (Lipinski definition) is 4. The molecular formula is C29H29F4N3O2S. The van der Waals surface area contributed by atoms with Crippen molar-refractivity contribution in [2.24, 2.45) is 0 Å². The maximum atomic E-state index is 14.1. The van der Waals surface area contributed by atoms with E-state index in [1.165, 1.54) is 23.1 Å². The minimum atomic E-state index is -4.46. The standard InChI is InChI=1S/C29H29F4N3O2S/c1-19-18-35(14-15-36(19)28(38)20-5-7-22(8-6-20)29(31,32)33)26(37)10-13-34-12-9-25-24(11-16-39-25)27(34)21-3-2-4-23(30)17-21/h2-8,11,16-17,19,27H,9-10,12-15,18H2,1H3. The molecule has 1 aromatic heterocycles. The Hall–Kier alpha value is -3.24. The predicted molar refractivity (Wildman–Crippen MR) is 141 cm³/mol. The van der Waals surface area contributed by atoms with E-state index in [0.29, 0.717) is 32.6 Å². The van der Waals surface area contributed by atoms with Crippen molar-refractivity contribution in [1.82, 2.24) is 14.7 Å². The van der Waals surface area contributed by atoms with Gasteiger partial charge in [0.05, 0.1) is 11.6 Å². The molecule has 0 spiro atoms. The van der Waals surface area contributed by atoms with Gasteiger partial charge in [0.25, 0.3) is 5.91 Å². The van der Waals surface area contributed by atoms with Crippen molar-refractivity contribution in [3.63, 3.8) is 0 Å². The molecule has 39 heavy (non-hydrogen) atoms. The fraction of sp³-hybridized carbons (Fsp3) is 0.379. The van der Waals surface area contributed by atoms with Crippen molar-refractivity contribution in [3.05, 3.63) is 92.9 Å². The number of nitrogens with zero attached hydrogens (tertiary/aromatic N) is 3. The van der Waals surface area contributed by atoms with Crippen LogP contribution in [0.15, 0.2) is 60.0 Å². The van der Waals surface area contributed by atoms with Crippen molar-refractivity contribution in [2.75, 3.05) is 32.7 Å². The molecule has 2 aromatic carbocycles. The Kier molecular flexibility index (Phi) is 7.77. The molecule has 10 heteroatoms. The summed E-state index contributed by atoms with van der Waals surface area (Å²) in [5.41, 5.74) is 1.42. The van der Waals surface area contributed by atoms with Gasteiger partial charge in [0.15, 0.2) is 0 Å². The number of rotatable bonds is 5. The highest BCUT2D eigenvalue weighted by Gasteiger charge is 2.34. The van der Waals surface area contributed by atoms with E-state index in [4.69, 9.17) is 0 Å². The molecule has 2 unspecified atom stereocenters. The molecule has 2 amide bonds. The number of hydrogen-bond donors (Lipinski definition) is 0. The van der Waals surface area contributed by atoms with Gasteiger partial charge in [0.2, 0.25) is 5.91 Å². The first-order valence-corrected chi connectivity index (χ1v) is 13.8. The number of alkyl halides is 3. The van der Waals surface area contributed by atoms with Crippen molar-refractivity contribution in [2.45, 2.75) is 38.0 Å². The lowest BCUT2D eigenvalue weighted by molar-refractivity contribution is -0.137. The molecule has 0 saturated carbocycles. The lowest BCUT2D eigenvalue weighted by Gasteiger charge is -2.41. The zero-order chi connectivity index (χ0) is 27.7. The number of halogens is 4. The highest BCUT2D eigenvalue weighted by Crippen LogP contribution is 2.38. The van der Waals surface area contributed by atoms with Gasteiger partial charge in [0.1, 0.15) is 5.82 Å². The molecule has 5 nitrogen and oxygen atoms in total. The van der Waals surface area contributed by atoms with Crippen LogP contribution < -0.4 is 0 Å². The van der Waals surface area contributed by atoms with Crippen LogP contribution in [0.2, 0.25) is 0 Å². The van der Waals surface area contributed by atoms with Crippen LogP contribution in [0.3, 0.4) is 0 Å². The number of carbonyl (C=O) groups is 2. The third-order valence-corrected chi connectivity index (χ3v) is 8.54. The summed E-state index contributed by atoms with van der Waals surface area (Å²) in [6.07, 6.45) is -3.28. The maximum Gasteiger partial charge on any atom is 0.416 e. The zero-order valence-electron chi connectivity index (χ0n) is 21.5. The van der Waals surface area contributed by atoms with Gasteiger partial charge >= 0.3 is 6.18 Å². The summed E-state index contributed by atoms with van der Waals surface area (Å²) in [6, 6.07) is 12.5. The Labute approximate surface area is 228 Å². The summed E-state index contributed by atoms with van der Waals surface area (Å²) in [6.45, 7) is 4.15. The molecule has 1 saturated heterocycles. The van der Waals surface area contributed by atoms with Gasteiger partial charge in [0, 0.05) is 55.6 Å². The van der Waals surface area contributed by atoms with E-state index in [2.05, 4.69) is 16.3 Å². The van der Waals surface area contributed by atoms with Gasteiger partial charge in [-0.2, -0.15) is 13.2 Å². The van der Waals surface area contributed by atoms with Crippen LogP contribution in [0, 0.1) is 5.82 Å². The molecule has 2 aliphatic heterocycles. The third-order valence-electron chi connectivity index (χ3n) is 7.54. The molecular weight excluding hydrogens is 530 g/mol.